The molecule has 2 aromatic carbocycles. The molecule has 1 aliphatic rings. The minimum absolute atomic E-state index is 0.0294. The molecule has 1 aliphatic heterocycles. The maximum atomic E-state index is 13.7. The molecule has 1 heterocycles. The second-order valence-electron chi connectivity index (χ2n) is 5.81. The molecule has 0 unspecified atom stereocenters. The quantitative estimate of drug-likeness (QED) is 0.282. The Morgan fingerprint density at radius 3 is 2.54 bits per heavy atom. The first-order valence-corrected chi connectivity index (χ1v) is 7.84. The van der Waals surface area contributed by atoms with Gasteiger partial charge in [-0.3, -0.25) is 9.59 Å². The van der Waals surface area contributed by atoms with Crippen LogP contribution in [-0.4, -0.2) is 30.4 Å². The van der Waals surface area contributed by atoms with Gasteiger partial charge in [0.05, 0.1) is 5.69 Å². The SMILES string of the molecule is C[C@H](OC(=O)c1cc(F)c(F)c(F)c1F)C(=O)c1ccc2c(c1)NC(=O)CO2. The van der Waals surface area contributed by atoms with E-state index in [2.05, 4.69) is 5.32 Å². The van der Waals surface area contributed by atoms with Gasteiger partial charge >= 0.3 is 5.97 Å². The zero-order chi connectivity index (χ0) is 20.6. The smallest absolute Gasteiger partial charge is 0.342 e. The number of hydrogen-bond donors (Lipinski definition) is 1. The topological polar surface area (TPSA) is 81.7 Å². The van der Waals surface area contributed by atoms with Crippen molar-refractivity contribution in [3.05, 3.63) is 58.7 Å². The summed E-state index contributed by atoms with van der Waals surface area (Å²) < 4.78 is 63.0. The van der Waals surface area contributed by atoms with Crippen LogP contribution >= 0.6 is 0 Å². The van der Waals surface area contributed by atoms with Gasteiger partial charge in [0.25, 0.3) is 5.91 Å². The van der Waals surface area contributed by atoms with Crippen molar-refractivity contribution in [1.29, 1.82) is 0 Å². The van der Waals surface area contributed by atoms with Gasteiger partial charge in [0.2, 0.25) is 5.78 Å². The Labute approximate surface area is 155 Å². The number of ketones is 1. The van der Waals surface area contributed by atoms with Gasteiger partial charge in [0.15, 0.2) is 36.0 Å². The van der Waals surface area contributed by atoms with Crippen LogP contribution in [0.4, 0.5) is 23.2 Å². The summed E-state index contributed by atoms with van der Waals surface area (Å²) in [5.41, 5.74) is -0.932. The maximum absolute atomic E-state index is 13.7. The number of carbonyl (C=O) groups excluding carboxylic acids is 3. The summed E-state index contributed by atoms with van der Waals surface area (Å²) in [6.07, 6.45) is -1.47. The predicted molar refractivity (Wildman–Crippen MR) is 86.0 cm³/mol. The lowest BCUT2D eigenvalue weighted by atomic mass is 10.1. The minimum atomic E-state index is -2.17. The Balaban J connectivity index is 1.79. The Morgan fingerprint density at radius 2 is 1.82 bits per heavy atom. The molecule has 0 spiro atoms. The van der Waals surface area contributed by atoms with Crippen LogP contribution in [0.3, 0.4) is 0 Å². The molecule has 0 fully saturated rings. The average molecular weight is 397 g/mol. The third kappa shape index (κ3) is 3.53. The predicted octanol–water partition coefficient (Wildman–Crippen LogP) is 3.00. The van der Waals surface area contributed by atoms with Crippen LogP contribution in [0.1, 0.15) is 27.6 Å². The molecule has 1 atom stereocenters. The molecule has 146 valence electrons. The number of rotatable bonds is 4. The molecule has 0 saturated heterocycles. The van der Waals surface area contributed by atoms with E-state index in [1.54, 1.807) is 0 Å². The first-order valence-electron chi connectivity index (χ1n) is 7.84. The Hall–Kier alpha value is -3.43. The first kappa shape index (κ1) is 19.3. The average Bonchev–Trinajstić information content (AvgIpc) is 2.67. The molecule has 1 N–H and O–H groups in total. The first-order chi connectivity index (χ1) is 13.2. The molecule has 10 heteroatoms. The second-order valence-corrected chi connectivity index (χ2v) is 5.81. The van der Waals surface area contributed by atoms with E-state index in [1.165, 1.54) is 18.2 Å². The maximum Gasteiger partial charge on any atom is 0.342 e. The molecule has 2 aromatic rings. The molecule has 28 heavy (non-hydrogen) atoms. The number of hydrogen-bond acceptors (Lipinski definition) is 5. The summed E-state index contributed by atoms with van der Waals surface area (Å²) in [6.45, 7) is 0.980. The Morgan fingerprint density at radius 1 is 1.11 bits per heavy atom. The van der Waals surface area contributed by atoms with Crippen molar-refractivity contribution in [3.8, 4) is 5.75 Å². The molecule has 0 aliphatic carbocycles. The van der Waals surface area contributed by atoms with Crippen molar-refractivity contribution in [3.63, 3.8) is 0 Å². The number of nitrogens with one attached hydrogen (secondary N) is 1. The van der Waals surface area contributed by atoms with Crippen LogP contribution < -0.4 is 10.1 Å². The van der Waals surface area contributed by atoms with Crippen molar-refractivity contribution in [1.82, 2.24) is 0 Å². The van der Waals surface area contributed by atoms with E-state index in [4.69, 9.17) is 9.47 Å². The lowest BCUT2D eigenvalue weighted by molar-refractivity contribution is -0.118. The number of ether oxygens (including phenoxy) is 2. The highest BCUT2D eigenvalue weighted by molar-refractivity contribution is 6.04. The van der Waals surface area contributed by atoms with Crippen molar-refractivity contribution in [2.45, 2.75) is 13.0 Å². The number of amides is 1. The van der Waals surface area contributed by atoms with Crippen LogP contribution in [0, 0.1) is 23.3 Å². The van der Waals surface area contributed by atoms with Crippen LogP contribution in [0.5, 0.6) is 5.75 Å². The van der Waals surface area contributed by atoms with E-state index in [0.29, 0.717) is 5.75 Å². The summed E-state index contributed by atoms with van der Waals surface area (Å²) >= 11 is 0. The molecule has 1 amide bonds. The number of anilines is 1. The van der Waals surface area contributed by atoms with Gasteiger partial charge < -0.3 is 14.8 Å². The fourth-order valence-electron chi connectivity index (χ4n) is 2.47. The van der Waals surface area contributed by atoms with Crippen LogP contribution in [-0.2, 0) is 9.53 Å². The van der Waals surface area contributed by atoms with E-state index in [1.807, 2.05) is 0 Å². The Bertz CT molecular complexity index is 1010. The fourth-order valence-corrected chi connectivity index (χ4v) is 2.47. The molecular formula is C18H11F4NO5. The molecule has 0 radical (unpaired) electrons. The molecular weight excluding hydrogens is 386 g/mol. The number of halogens is 4. The summed E-state index contributed by atoms with van der Waals surface area (Å²) in [5.74, 6) is -10.3. The monoisotopic (exact) mass is 397 g/mol. The standard InChI is InChI=1S/C18H11F4NO5/c1-7(28-18(26)9-5-10(19)15(21)16(22)14(9)20)17(25)8-2-3-12-11(4-8)23-13(24)6-27-12/h2-5,7H,6H2,1H3,(H,23,24)/t7-/m0/s1. The van der Waals surface area contributed by atoms with Crippen LogP contribution in [0.15, 0.2) is 24.3 Å². The Kier molecular flexibility index (Phi) is 5.04. The summed E-state index contributed by atoms with van der Waals surface area (Å²) in [6, 6.07) is 4.19. The third-order valence-corrected chi connectivity index (χ3v) is 3.87. The van der Waals surface area contributed by atoms with Gasteiger partial charge in [-0.15, -0.1) is 0 Å². The van der Waals surface area contributed by atoms with E-state index in [9.17, 15) is 31.9 Å². The van der Waals surface area contributed by atoms with E-state index in [0.717, 1.165) is 6.92 Å². The summed E-state index contributed by atoms with van der Waals surface area (Å²) in [5, 5.41) is 2.49. The van der Waals surface area contributed by atoms with Gasteiger partial charge in [0, 0.05) is 5.56 Å². The van der Waals surface area contributed by atoms with Crippen molar-refractivity contribution < 1.29 is 41.4 Å². The van der Waals surface area contributed by atoms with Crippen LogP contribution in [0.2, 0.25) is 0 Å². The molecule has 3 rings (SSSR count). The second kappa shape index (κ2) is 7.29. The van der Waals surface area contributed by atoms with Crippen molar-refractivity contribution in [2.24, 2.45) is 0 Å². The lowest BCUT2D eigenvalue weighted by Gasteiger charge is -2.19. The molecule has 0 aromatic heterocycles. The summed E-state index contributed by atoms with van der Waals surface area (Å²) in [7, 11) is 0. The molecule has 6 nitrogen and oxygen atoms in total. The normalized spacial score (nSPS) is 13.8. The highest BCUT2D eigenvalue weighted by atomic mass is 19.2. The number of benzene rings is 2. The van der Waals surface area contributed by atoms with Crippen molar-refractivity contribution in [2.75, 3.05) is 11.9 Å². The van der Waals surface area contributed by atoms with Gasteiger partial charge in [0.1, 0.15) is 11.3 Å². The van der Waals surface area contributed by atoms with Gasteiger partial charge in [-0.25, -0.2) is 22.4 Å². The highest BCUT2D eigenvalue weighted by Gasteiger charge is 2.28. The lowest BCUT2D eigenvalue weighted by Crippen LogP contribution is -2.27. The zero-order valence-electron chi connectivity index (χ0n) is 14.1. The van der Waals surface area contributed by atoms with E-state index in [-0.39, 0.29) is 23.9 Å². The fraction of sp³-hybridized carbons (Fsp3) is 0.167. The number of carbonyl (C=O) groups is 3. The van der Waals surface area contributed by atoms with Gasteiger partial charge in [-0.2, -0.15) is 0 Å². The van der Waals surface area contributed by atoms with Gasteiger partial charge in [-0.05, 0) is 31.2 Å². The highest BCUT2D eigenvalue weighted by Crippen LogP contribution is 2.29. The zero-order valence-corrected chi connectivity index (χ0v) is 14.1. The van der Waals surface area contributed by atoms with E-state index >= 15 is 0 Å². The number of fused-ring (bicyclic) bond motifs is 1. The van der Waals surface area contributed by atoms with Crippen molar-refractivity contribution >= 4 is 23.3 Å². The molecule has 0 saturated carbocycles. The minimum Gasteiger partial charge on any atom is -0.482 e. The van der Waals surface area contributed by atoms with Gasteiger partial charge in [-0.1, -0.05) is 0 Å². The largest absolute Gasteiger partial charge is 0.482 e. The number of Topliss-reactive ketones (excluding diaryl/α,β-unsaturated/α-hetero) is 1. The number of esters is 1. The van der Waals surface area contributed by atoms with Crippen LogP contribution in [0.25, 0.3) is 0 Å². The van der Waals surface area contributed by atoms with E-state index < -0.39 is 52.6 Å². The summed E-state index contributed by atoms with van der Waals surface area (Å²) in [4.78, 5) is 35.7. The third-order valence-electron chi connectivity index (χ3n) is 3.87. The molecule has 0 bridgehead atoms.